The van der Waals surface area contributed by atoms with Crippen molar-refractivity contribution in [3.8, 4) is 0 Å². The summed E-state index contributed by atoms with van der Waals surface area (Å²) in [6, 6.07) is 9.57. The highest BCUT2D eigenvalue weighted by atomic mass is 16.6. The summed E-state index contributed by atoms with van der Waals surface area (Å²) in [5, 5.41) is 14.0. The maximum atomic E-state index is 12.5. The number of carbonyl (C=O) groups excluding carboxylic acids is 1. The third-order valence-electron chi connectivity index (χ3n) is 3.82. The second kappa shape index (κ2) is 8.28. The summed E-state index contributed by atoms with van der Waals surface area (Å²) >= 11 is 0. The molecule has 0 spiro atoms. The smallest absolute Gasteiger partial charge is 0.340 e. The Balaban J connectivity index is 1.76. The molecule has 0 radical (unpaired) electrons. The van der Waals surface area contributed by atoms with Gasteiger partial charge in [-0.3, -0.25) is 10.1 Å². The zero-order valence-electron chi connectivity index (χ0n) is 14.6. The van der Waals surface area contributed by atoms with Gasteiger partial charge in [0.05, 0.1) is 22.8 Å². The summed E-state index contributed by atoms with van der Waals surface area (Å²) in [7, 11) is 1.56. The number of anilines is 1. The number of nitrogens with one attached hydrogen (secondary N) is 1. The van der Waals surface area contributed by atoms with Crippen molar-refractivity contribution >= 4 is 23.0 Å². The zero-order valence-corrected chi connectivity index (χ0v) is 14.6. The number of aromatic nitrogens is 2. The van der Waals surface area contributed by atoms with E-state index < -0.39 is 10.9 Å². The summed E-state index contributed by atoms with van der Waals surface area (Å²) in [4.78, 5) is 27.3. The summed E-state index contributed by atoms with van der Waals surface area (Å²) in [6.45, 7) is 0.828. The highest BCUT2D eigenvalue weighted by Gasteiger charge is 2.18. The Morgan fingerprint density at radius 1 is 1.33 bits per heavy atom. The van der Waals surface area contributed by atoms with Crippen LogP contribution in [0.3, 0.4) is 0 Å². The first-order valence-electron chi connectivity index (χ1n) is 8.19. The number of benzene rings is 1. The van der Waals surface area contributed by atoms with Crippen LogP contribution in [0.1, 0.15) is 16.1 Å². The van der Waals surface area contributed by atoms with Gasteiger partial charge < -0.3 is 19.2 Å². The number of non-ortho nitro benzene ring substituents is 1. The Bertz CT molecular complexity index is 936. The van der Waals surface area contributed by atoms with Gasteiger partial charge >= 0.3 is 5.97 Å². The van der Waals surface area contributed by atoms with Gasteiger partial charge in [-0.2, -0.15) is 0 Å². The first-order chi connectivity index (χ1) is 13.1. The van der Waals surface area contributed by atoms with Crippen LogP contribution < -0.4 is 5.32 Å². The largest absolute Gasteiger partial charge is 0.455 e. The second-order valence-corrected chi connectivity index (χ2v) is 5.68. The van der Waals surface area contributed by atoms with Gasteiger partial charge in [0, 0.05) is 43.9 Å². The summed E-state index contributed by atoms with van der Waals surface area (Å²) < 4.78 is 12.1. The van der Waals surface area contributed by atoms with E-state index in [0.29, 0.717) is 24.5 Å². The quantitative estimate of drug-likeness (QED) is 0.281. The number of hydrogen-bond donors (Lipinski definition) is 1. The van der Waals surface area contributed by atoms with Crippen LogP contribution in [0.25, 0.3) is 5.65 Å². The molecular formula is C18H18N4O5. The molecule has 2 heterocycles. The predicted molar refractivity (Wildman–Crippen MR) is 97.8 cm³/mol. The molecule has 0 bridgehead atoms. The molecule has 0 saturated heterocycles. The fourth-order valence-corrected chi connectivity index (χ4v) is 2.53. The SMILES string of the molecule is COCCNc1ccc([N+](=O)[O-])cc1C(=O)OCc1cn2ccccc2n1. The van der Waals surface area contributed by atoms with Crippen LogP contribution in [0, 0.1) is 10.1 Å². The van der Waals surface area contributed by atoms with Gasteiger partial charge in [-0.05, 0) is 18.2 Å². The lowest BCUT2D eigenvalue weighted by atomic mass is 10.1. The minimum absolute atomic E-state index is 0.0410. The Morgan fingerprint density at radius 2 is 2.19 bits per heavy atom. The minimum atomic E-state index is -0.671. The van der Waals surface area contributed by atoms with E-state index in [2.05, 4.69) is 10.3 Å². The molecule has 0 unspecified atom stereocenters. The Labute approximate surface area is 154 Å². The minimum Gasteiger partial charge on any atom is -0.455 e. The van der Waals surface area contributed by atoms with Crippen LogP contribution in [-0.4, -0.2) is 40.5 Å². The first-order valence-corrected chi connectivity index (χ1v) is 8.19. The average Bonchev–Trinajstić information content (AvgIpc) is 3.09. The number of esters is 1. The van der Waals surface area contributed by atoms with Crippen LogP contribution in [0.5, 0.6) is 0 Å². The van der Waals surface area contributed by atoms with Gasteiger partial charge in [-0.1, -0.05) is 6.07 Å². The Hall–Kier alpha value is -3.46. The van der Waals surface area contributed by atoms with Crippen molar-refractivity contribution < 1.29 is 19.2 Å². The number of hydrogen-bond acceptors (Lipinski definition) is 7. The number of nitro groups is 1. The standard InChI is InChI=1S/C18H18N4O5/c1-26-9-7-19-16-6-5-14(22(24)25)10-15(16)18(23)27-12-13-11-21-8-3-2-4-17(21)20-13/h2-6,8,10-11,19H,7,9,12H2,1H3. The topological polar surface area (TPSA) is 108 Å². The van der Waals surface area contributed by atoms with Crippen LogP contribution in [0.15, 0.2) is 48.8 Å². The molecule has 0 aliphatic rings. The molecule has 27 heavy (non-hydrogen) atoms. The van der Waals surface area contributed by atoms with Gasteiger partial charge in [-0.15, -0.1) is 0 Å². The molecule has 9 nitrogen and oxygen atoms in total. The molecule has 3 aromatic rings. The van der Waals surface area contributed by atoms with E-state index in [1.807, 2.05) is 28.8 Å². The second-order valence-electron chi connectivity index (χ2n) is 5.68. The lowest BCUT2D eigenvalue weighted by Gasteiger charge is -2.11. The number of nitro benzene ring substituents is 1. The third-order valence-corrected chi connectivity index (χ3v) is 3.82. The molecule has 140 valence electrons. The fraction of sp³-hybridized carbons (Fsp3) is 0.222. The zero-order chi connectivity index (χ0) is 19.2. The molecule has 1 N–H and O–H groups in total. The number of imidazole rings is 1. The van der Waals surface area contributed by atoms with Crippen molar-refractivity contribution in [2.24, 2.45) is 0 Å². The van der Waals surface area contributed by atoms with Crippen LogP contribution in [0.4, 0.5) is 11.4 Å². The van der Waals surface area contributed by atoms with Crippen molar-refractivity contribution in [2.75, 3.05) is 25.6 Å². The van der Waals surface area contributed by atoms with Crippen LogP contribution >= 0.6 is 0 Å². The molecule has 0 amide bonds. The van der Waals surface area contributed by atoms with Crippen molar-refractivity contribution in [2.45, 2.75) is 6.61 Å². The van der Waals surface area contributed by atoms with E-state index in [1.54, 1.807) is 13.3 Å². The lowest BCUT2D eigenvalue weighted by molar-refractivity contribution is -0.384. The van der Waals surface area contributed by atoms with E-state index >= 15 is 0 Å². The van der Waals surface area contributed by atoms with E-state index in [-0.39, 0.29) is 17.9 Å². The molecule has 3 rings (SSSR count). The van der Waals surface area contributed by atoms with Crippen LogP contribution in [-0.2, 0) is 16.1 Å². The Kier molecular flexibility index (Phi) is 5.62. The van der Waals surface area contributed by atoms with E-state index in [0.717, 1.165) is 5.65 Å². The van der Waals surface area contributed by atoms with Crippen LogP contribution in [0.2, 0.25) is 0 Å². The Morgan fingerprint density at radius 3 is 2.93 bits per heavy atom. The van der Waals surface area contributed by atoms with Crippen molar-refractivity contribution in [1.29, 1.82) is 0 Å². The number of rotatable bonds is 8. The van der Waals surface area contributed by atoms with Gasteiger partial charge in [0.2, 0.25) is 0 Å². The number of nitrogens with zero attached hydrogens (tertiary/aromatic N) is 3. The lowest BCUT2D eigenvalue weighted by Crippen LogP contribution is -2.13. The van der Waals surface area contributed by atoms with Gasteiger partial charge in [0.15, 0.2) is 0 Å². The van der Waals surface area contributed by atoms with Crippen molar-refractivity contribution in [1.82, 2.24) is 9.38 Å². The van der Waals surface area contributed by atoms with Gasteiger partial charge in [0.1, 0.15) is 12.3 Å². The molecule has 0 atom stereocenters. The molecular weight excluding hydrogens is 352 g/mol. The monoisotopic (exact) mass is 370 g/mol. The summed E-state index contributed by atoms with van der Waals surface area (Å²) in [6.07, 6.45) is 3.60. The molecule has 0 fully saturated rings. The summed E-state index contributed by atoms with van der Waals surface area (Å²) in [5.41, 5.74) is 1.66. The summed E-state index contributed by atoms with van der Waals surface area (Å²) in [5.74, 6) is -0.671. The van der Waals surface area contributed by atoms with Crippen molar-refractivity contribution in [3.05, 3.63) is 70.2 Å². The normalized spacial score (nSPS) is 10.7. The molecule has 0 saturated carbocycles. The fourth-order valence-electron chi connectivity index (χ4n) is 2.53. The first kappa shape index (κ1) is 18.3. The molecule has 2 aromatic heterocycles. The maximum Gasteiger partial charge on any atom is 0.340 e. The highest BCUT2D eigenvalue weighted by molar-refractivity contribution is 5.96. The highest BCUT2D eigenvalue weighted by Crippen LogP contribution is 2.23. The van der Waals surface area contributed by atoms with Gasteiger partial charge in [0.25, 0.3) is 5.69 Å². The van der Waals surface area contributed by atoms with E-state index in [9.17, 15) is 14.9 Å². The number of carbonyl (C=O) groups is 1. The molecule has 1 aromatic carbocycles. The number of pyridine rings is 1. The predicted octanol–water partition coefficient (Wildman–Crippen LogP) is 2.66. The average molecular weight is 370 g/mol. The number of fused-ring (bicyclic) bond motifs is 1. The maximum absolute atomic E-state index is 12.5. The number of methoxy groups -OCH3 is 1. The molecule has 0 aliphatic carbocycles. The molecule has 0 aliphatic heterocycles. The van der Waals surface area contributed by atoms with E-state index in [1.165, 1.54) is 18.2 Å². The van der Waals surface area contributed by atoms with E-state index in [4.69, 9.17) is 9.47 Å². The number of ether oxygens (including phenoxy) is 2. The van der Waals surface area contributed by atoms with Crippen molar-refractivity contribution in [3.63, 3.8) is 0 Å². The van der Waals surface area contributed by atoms with Gasteiger partial charge in [-0.25, -0.2) is 9.78 Å². The third kappa shape index (κ3) is 4.39. The molecule has 9 heteroatoms.